The lowest BCUT2D eigenvalue weighted by Gasteiger charge is -2.32. The third-order valence-corrected chi connectivity index (χ3v) is 5.31. The van der Waals surface area contributed by atoms with Crippen LogP contribution in [0.2, 0.25) is 0 Å². The van der Waals surface area contributed by atoms with Crippen LogP contribution in [0.15, 0.2) is 46.9 Å². The molecule has 1 fully saturated rings. The molecule has 0 saturated carbocycles. The number of morpholine rings is 1. The summed E-state index contributed by atoms with van der Waals surface area (Å²) in [6.07, 6.45) is 1.24. The Morgan fingerprint density at radius 3 is 2.67 bits per heavy atom. The number of pyridine rings is 1. The summed E-state index contributed by atoms with van der Waals surface area (Å²) in [7, 11) is 0. The van der Waals surface area contributed by atoms with Crippen LogP contribution in [0.4, 0.5) is 0 Å². The number of oxazole rings is 1. The lowest BCUT2D eigenvalue weighted by molar-refractivity contribution is -0.0258. The first-order valence-electron chi connectivity index (χ1n) is 10.4. The number of carbonyl (C=O) groups is 1. The van der Waals surface area contributed by atoms with E-state index in [1.165, 1.54) is 11.1 Å². The van der Waals surface area contributed by atoms with Gasteiger partial charge in [-0.25, -0.2) is 4.98 Å². The van der Waals surface area contributed by atoms with Gasteiger partial charge in [0.1, 0.15) is 6.10 Å². The van der Waals surface area contributed by atoms with Crippen LogP contribution in [-0.4, -0.2) is 40.5 Å². The lowest BCUT2D eigenvalue weighted by Crippen LogP contribution is -2.42. The molecule has 0 unspecified atom stereocenters. The maximum Gasteiger partial charge on any atom is 0.291 e. The Hall–Kier alpha value is -2.99. The van der Waals surface area contributed by atoms with E-state index in [2.05, 4.69) is 29.2 Å². The minimum absolute atomic E-state index is 0.134. The molecule has 3 aromatic rings. The molecule has 156 valence electrons. The van der Waals surface area contributed by atoms with Gasteiger partial charge in [0, 0.05) is 18.7 Å². The van der Waals surface area contributed by atoms with Crippen molar-refractivity contribution in [3.63, 3.8) is 0 Å². The molecule has 1 aromatic carbocycles. The third kappa shape index (κ3) is 4.44. The van der Waals surface area contributed by atoms with Crippen molar-refractivity contribution in [1.82, 2.24) is 14.9 Å². The summed E-state index contributed by atoms with van der Waals surface area (Å²) in [5.74, 6) is 0.784. The summed E-state index contributed by atoms with van der Waals surface area (Å²) in [4.78, 5) is 23.8. The van der Waals surface area contributed by atoms with E-state index in [-0.39, 0.29) is 12.0 Å². The normalized spacial score (nSPS) is 16.6. The number of carbonyl (C=O) groups excluding carboxylic acids is 1. The number of ether oxygens (including phenoxy) is 1. The summed E-state index contributed by atoms with van der Waals surface area (Å²) in [5, 5.41) is 0. The lowest BCUT2D eigenvalue weighted by atomic mass is 10.0. The number of nitrogens with zero attached hydrogens (tertiary/aromatic N) is 3. The van der Waals surface area contributed by atoms with Gasteiger partial charge in [0.05, 0.1) is 24.5 Å². The van der Waals surface area contributed by atoms with Gasteiger partial charge >= 0.3 is 0 Å². The quantitative estimate of drug-likeness (QED) is 0.640. The van der Waals surface area contributed by atoms with Crippen molar-refractivity contribution in [2.45, 2.75) is 39.7 Å². The van der Waals surface area contributed by atoms with E-state index in [4.69, 9.17) is 14.1 Å². The predicted molar refractivity (Wildman–Crippen MR) is 113 cm³/mol. The van der Waals surface area contributed by atoms with Gasteiger partial charge in [0.15, 0.2) is 5.89 Å². The van der Waals surface area contributed by atoms with Crippen LogP contribution in [0.25, 0.3) is 0 Å². The van der Waals surface area contributed by atoms with E-state index in [1.54, 1.807) is 4.90 Å². The van der Waals surface area contributed by atoms with Gasteiger partial charge in [-0.1, -0.05) is 37.3 Å². The van der Waals surface area contributed by atoms with Gasteiger partial charge in [-0.3, -0.25) is 9.78 Å². The van der Waals surface area contributed by atoms with Gasteiger partial charge in [-0.2, -0.15) is 0 Å². The molecule has 1 saturated heterocycles. The van der Waals surface area contributed by atoms with Gasteiger partial charge in [0.2, 0.25) is 5.76 Å². The molecule has 0 aliphatic carbocycles. The van der Waals surface area contributed by atoms with Crippen molar-refractivity contribution < 1.29 is 13.9 Å². The van der Waals surface area contributed by atoms with Crippen LogP contribution in [-0.2, 0) is 17.6 Å². The Bertz CT molecular complexity index is 1030. The summed E-state index contributed by atoms with van der Waals surface area (Å²) < 4.78 is 11.7. The molecule has 1 aliphatic rings. The zero-order valence-corrected chi connectivity index (χ0v) is 17.7. The number of hydrogen-bond donors (Lipinski definition) is 0. The van der Waals surface area contributed by atoms with Crippen LogP contribution in [0.3, 0.4) is 0 Å². The van der Waals surface area contributed by atoms with E-state index in [0.717, 1.165) is 17.8 Å². The summed E-state index contributed by atoms with van der Waals surface area (Å²) in [6.45, 7) is 7.20. The molecule has 3 heterocycles. The molecule has 4 rings (SSSR count). The fourth-order valence-corrected chi connectivity index (χ4v) is 3.82. The topological polar surface area (TPSA) is 68.5 Å². The smallest absolute Gasteiger partial charge is 0.291 e. The molecule has 2 aromatic heterocycles. The predicted octanol–water partition coefficient (Wildman–Crippen LogP) is 4.05. The molecule has 30 heavy (non-hydrogen) atoms. The van der Waals surface area contributed by atoms with Crippen molar-refractivity contribution in [3.05, 3.63) is 82.3 Å². The Labute approximate surface area is 176 Å². The van der Waals surface area contributed by atoms with Crippen molar-refractivity contribution in [2.75, 3.05) is 19.7 Å². The highest BCUT2D eigenvalue weighted by Crippen LogP contribution is 2.25. The second-order valence-corrected chi connectivity index (χ2v) is 7.69. The third-order valence-electron chi connectivity index (χ3n) is 5.31. The number of rotatable bonds is 5. The molecule has 0 spiro atoms. The Balaban J connectivity index is 1.53. The van der Waals surface area contributed by atoms with E-state index in [0.29, 0.717) is 43.5 Å². The highest BCUT2D eigenvalue weighted by atomic mass is 16.5. The molecule has 1 aliphatic heterocycles. The molecule has 6 nitrogen and oxygen atoms in total. The number of aromatic nitrogens is 2. The van der Waals surface area contributed by atoms with Crippen molar-refractivity contribution >= 4 is 5.91 Å². The summed E-state index contributed by atoms with van der Waals surface area (Å²) in [5.41, 5.74) is 4.89. The SMILES string of the molecule is CCc1nc(C)c(C(=O)N2CCO[C@@H](c3cc(Cc4ccccc4)cc(C)n3)C2)o1. The first kappa shape index (κ1) is 20.3. The van der Waals surface area contributed by atoms with Gasteiger partial charge in [-0.05, 0) is 43.5 Å². The molecule has 0 radical (unpaired) electrons. The van der Waals surface area contributed by atoms with Crippen LogP contribution < -0.4 is 0 Å². The van der Waals surface area contributed by atoms with Crippen molar-refractivity contribution in [2.24, 2.45) is 0 Å². The molecule has 0 N–H and O–H groups in total. The molecule has 0 bridgehead atoms. The maximum atomic E-state index is 13.0. The zero-order valence-electron chi connectivity index (χ0n) is 17.7. The average molecular weight is 405 g/mol. The van der Waals surface area contributed by atoms with Crippen LogP contribution in [0, 0.1) is 13.8 Å². The number of aryl methyl sites for hydroxylation is 3. The van der Waals surface area contributed by atoms with Crippen molar-refractivity contribution in [3.8, 4) is 0 Å². The van der Waals surface area contributed by atoms with E-state index in [9.17, 15) is 4.79 Å². The molecular formula is C24H27N3O3. The van der Waals surface area contributed by atoms with Crippen LogP contribution >= 0.6 is 0 Å². The molecule has 1 amide bonds. The highest BCUT2D eigenvalue weighted by molar-refractivity contribution is 5.92. The minimum atomic E-state index is -0.258. The van der Waals surface area contributed by atoms with Gasteiger partial charge < -0.3 is 14.1 Å². The first-order valence-corrected chi connectivity index (χ1v) is 10.4. The molecular weight excluding hydrogens is 378 g/mol. The average Bonchev–Trinajstić information content (AvgIpc) is 3.14. The summed E-state index contributed by atoms with van der Waals surface area (Å²) >= 11 is 0. The summed E-state index contributed by atoms with van der Waals surface area (Å²) in [6, 6.07) is 14.6. The first-order chi connectivity index (χ1) is 14.5. The minimum Gasteiger partial charge on any atom is -0.435 e. The standard InChI is InChI=1S/C24H27N3O3/c1-4-22-26-17(3)23(30-22)24(28)27-10-11-29-21(15-27)20-14-19(12-16(2)25-20)13-18-8-6-5-7-9-18/h5-9,12,14,21H,4,10-11,13,15H2,1-3H3/t21-/m1/s1. The second kappa shape index (κ2) is 8.79. The number of benzene rings is 1. The van der Waals surface area contributed by atoms with Crippen molar-refractivity contribution in [1.29, 1.82) is 0 Å². The second-order valence-electron chi connectivity index (χ2n) is 7.69. The number of hydrogen-bond acceptors (Lipinski definition) is 5. The Morgan fingerprint density at radius 1 is 1.13 bits per heavy atom. The monoisotopic (exact) mass is 405 g/mol. The molecule has 1 atom stereocenters. The maximum absolute atomic E-state index is 13.0. The van der Waals surface area contributed by atoms with Crippen LogP contribution in [0.1, 0.15) is 57.7 Å². The molecule has 6 heteroatoms. The van der Waals surface area contributed by atoms with Crippen LogP contribution in [0.5, 0.6) is 0 Å². The van der Waals surface area contributed by atoms with E-state index < -0.39 is 0 Å². The van der Waals surface area contributed by atoms with Gasteiger partial charge in [-0.15, -0.1) is 0 Å². The fourth-order valence-electron chi connectivity index (χ4n) is 3.82. The van der Waals surface area contributed by atoms with E-state index in [1.807, 2.05) is 39.0 Å². The Morgan fingerprint density at radius 2 is 1.93 bits per heavy atom. The fraction of sp³-hybridized carbons (Fsp3) is 0.375. The van der Waals surface area contributed by atoms with E-state index >= 15 is 0 Å². The highest BCUT2D eigenvalue weighted by Gasteiger charge is 2.30. The Kier molecular flexibility index (Phi) is 5.95. The van der Waals surface area contributed by atoms with Gasteiger partial charge in [0.25, 0.3) is 5.91 Å². The largest absolute Gasteiger partial charge is 0.435 e. The zero-order chi connectivity index (χ0) is 21.1. The number of amides is 1.